The SMILES string of the molecule is Cc1ccc(S(=O)(=O)NCC(=O)O[C@@H](C)c2nnc(-c3cccs3)o2)cc1. The van der Waals surface area contributed by atoms with Gasteiger partial charge in [-0.3, -0.25) is 4.79 Å². The first kappa shape index (κ1) is 19.2. The van der Waals surface area contributed by atoms with Gasteiger partial charge in [0.15, 0.2) is 6.10 Å². The number of hydrogen-bond donors (Lipinski definition) is 1. The van der Waals surface area contributed by atoms with Crippen molar-refractivity contribution in [2.45, 2.75) is 24.8 Å². The number of benzene rings is 1. The molecule has 0 amide bonds. The van der Waals surface area contributed by atoms with Crippen LogP contribution in [0, 0.1) is 6.92 Å². The van der Waals surface area contributed by atoms with Crippen molar-refractivity contribution >= 4 is 27.3 Å². The van der Waals surface area contributed by atoms with Crippen molar-refractivity contribution in [2.75, 3.05) is 6.54 Å². The van der Waals surface area contributed by atoms with Crippen molar-refractivity contribution < 1.29 is 22.4 Å². The van der Waals surface area contributed by atoms with E-state index in [1.54, 1.807) is 19.1 Å². The molecule has 1 atom stereocenters. The van der Waals surface area contributed by atoms with E-state index >= 15 is 0 Å². The second-order valence-corrected chi connectivity index (χ2v) is 8.41. The van der Waals surface area contributed by atoms with Gasteiger partial charge in [-0.1, -0.05) is 23.8 Å². The number of aromatic nitrogens is 2. The quantitative estimate of drug-likeness (QED) is 0.599. The predicted molar refractivity (Wildman–Crippen MR) is 98.5 cm³/mol. The number of esters is 1. The van der Waals surface area contributed by atoms with Gasteiger partial charge in [-0.15, -0.1) is 21.5 Å². The lowest BCUT2D eigenvalue weighted by atomic mass is 10.2. The van der Waals surface area contributed by atoms with Crippen LogP contribution in [0.1, 0.15) is 24.5 Å². The van der Waals surface area contributed by atoms with Gasteiger partial charge < -0.3 is 9.15 Å². The Hall–Kier alpha value is -2.56. The van der Waals surface area contributed by atoms with Crippen LogP contribution < -0.4 is 4.72 Å². The van der Waals surface area contributed by atoms with E-state index in [0.717, 1.165) is 10.4 Å². The van der Waals surface area contributed by atoms with Crippen LogP contribution in [0.3, 0.4) is 0 Å². The van der Waals surface area contributed by atoms with Crippen molar-refractivity contribution in [3.8, 4) is 10.8 Å². The lowest BCUT2D eigenvalue weighted by molar-refractivity contribution is -0.148. The molecular formula is C17H17N3O5S2. The number of thiophene rings is 1. The molecule has 8 nitrogen and oxygen atoms in total. The fraction of sp³-hybridized carbons (Fsp3) is 0.235. The summed E-state index contributed by atoms with van der Waals surface area (Å²) in [4.78, 5) is 12.8. The van der Waals surface area contributed by atoms with Gasteiger partial charge >= 0.3 is 5.97 Å². The maximum absolute atomic E-state index is 12.2. The summed E-state index contributed by atoms with van der Waals surface area (Å²) >= 11 is 1.44. The molecule has 1 N–H and O–H groups in total. The van der Waals surface area contributed by atoms with E-state index in [2.05, 4.69) is 14.9 Å². The number of ether oxygens (including phenoxy) is 1. The molecule has 2 heterocycles. The van der Waals surface area contributed by atoms with Crippen molar-refractivity contribution in [1.29, 1.82) is 0 Å². The number of nitrogens with zero attached hydrogens (tertiary/aromatic N) is 2. The number of aryl methyl sites for hydroxylation is 1. The normalized spacial score (nSPS) is 12.7. The van der Waals surface area contributed by atoms with Gasteiger partial charge in [0.2, 0.25) is 10.0 Å². The molecule has 1 aromatic carbocycles. The standard InChI is InChI=1S/C17H17N3O5S2/c1-11-5-7-13(8-6-11)27(22,23)18-10-15(21)24-12(2)16-19-20-17(25-16)14-4-3-9-26-14/h3-9,12,18H,10H2,1-2H3/t12-/m0/s1. The van der Waals surface area contributed by atoms with Crippen molar-refractivity contribution in [2.24, 2.45) is 0 Å². The number of sulfonamides is 1. The summed E-state index contributed by atoms with van der Waals surface area (Å²) in [6.07, 6.45) is -0.803. The van der Waals surface area contributed by atoms with Gasteiger partial charge in [-0.25, -0.2) is 8.42 Å². The molecule has 0 radical (unpaired) electrons. The number of carbonyl (C=O) groups excluding carboxylic acids is 1. The Morgan fingerprint density at radius 2 is 2.00 bits per heavy atom. The van der Waals surface area contributed by atoms with Crippen LogP contribution in [-0.2, 0) is 19.6 Å². The van der Waals surface area contributed by atoms with E-state index in [1.807, 2.05) is 24.4 Å². The molecule has 3 aromatic rings. The van der Waals surface area contributed by atoms with Crippen LogP contribution in [0.5, 0.6) is 0 Å². The summed E-state index contributed by atoms with van der Waals surface area (Å²) < 4.78 is 37.2. The zero-order chi connectivity index (χ0) is 19.4. The van der Waals surface area contributed by atoms with E-state index < -0.39 is 28.6 Å². The summed E-state index contributed by atoms with van der Waals surface area (Å²) in [5.41, 5.74) is 0.934. The lowest BCUT2D eigenvalue weighted by Crippen LogP contribution is -2.31. The average Bonchev–Trinajstić information content (AvgIpc) is 3.31. The van der Waals surface area contributed by atoms with Gasteiger partial charge in [0.1, 0.15) is 6.54 Å². The highest BCUT2D eigenvalue weighted by Crippen LogP contribution is 2.25. The molecule has 0 aliphatic carbocycles. The summed E-state index contributed by atoms with van der Waals surface area (Å²) in [5.74, 6) is -0.287. The van der Waals surface area contributed by atoms with Gasteiger partial charge in [0.05, 0.1) is 9.77 Å². The fourth-order valence-corrected chi connectivity index (χ4v) is 3.76. The van der Waals surface area contributed by atoms with Crippen LogP contribution in [0.2, 0.25) is 0 Å². The maximum atomic E-state index is 12.2. The molecule has 10 heteroatoms. The second kappa shape index (κ2) is 7.99. The van der Waals surface area contributed by atoms with Crippen molar-refractivity contribution in [3.63, 3.8) is 0 Å². The minimum absolute atomic E-state index is 0.0754. The lowest BCUT2D eigenvalue weighted by Gasteiger charge is -2.10. The summed E-state index contributed by atoms with van der Waals surface area (Å²) in [6.45, 7) is 2.91. The minimum atomic E-state index is -3.80. The minimum Gasteiger partial charge on any atom is -0.452 e. The first-order valence-corrected chi connectivity index (χ1v) is 10.3. The largest absolute Gasteiger partial charge is 0.452 e. The Balaban J connectivity index is 1.56. The number of carbonyl (C=O) groups is 1. The highest BCUT2D eigenvalue weighted by Gasteiger charge is 2.21. The Morgan fingerprint density at radius 3 is 2.67 bits per heavy atom. The zero-order valence-electron chi connectivity index (χ0n) is 14.6. The Bertz CT molecular complexity index is 1010. The highest BCUT2D eigenvalue weighted by atomic mass is 32.2. The van der Waals surface area contributed by atoms with Crippen LogP contribution in [0.4, 0.5) is 0 Å². The highest BCUT2D eigenvalue weighted by molar-refractivity contribution is 7.89. The summed E-state index contributed by atoms with van der Waals surface area (Å²) in [5, 5.41) is 9.65. The molecule has 0 bridgehead atoms. The second-order valence-electron chi connectivity index (χ2n) is 5.69. The first-order chi connectivity index (χ1) is 12.8. The van der Waals surface area contributed by atoms with E-state index in [9.17, 15) is 13.2 Å². The van der Waals surface area contributed by atoms with E-state index in [-0.39, 0.29) is 10.8 Å². The molecule has 0 unspecified atom stereocenters. The Kier molecular flexibility index (Phi) is 5.68. The molecule has 142 valence electrons. The molecule has 0 saturated carbocycles. The smallest absolute Gasteiger partial charge is 0.321 e. The van der Waals surface area contributed by atoms with Gasteiger partial charge in [0.25, 0.3) is 11.8 Å². The molecule has 0 aliphatic heterocycles. The summed E-state index contributed by atoms with van der Waals surface area (Å²) in [6, 6.07) is 9.98. The molecule has 0 aliphatic rings. The molecule has 3 rings (SSSR count). The van der Waals surface area contributed by atoms with Gasteiger partial charge in [-0.05, 0) is 37.4 Å². The number of hydrogen-bond acceptors (Lipinski definition) is 8. The third-order valence-corrected chi connectivity index (χ3v) is 5.84. The van der Waals surface area contributed by atoms with Crippen molar-refractivity contribution in [3.05, 3.63) is 53.2 Å². The molecule has 2 aromatic heterocycles. The van der Waals surface area contributed by atoms with Gasteiger partial charge in [0, 0.05) is 0 Å². The van der Waals surface area contributed by atoms with Crippen LogP contribution in [-0.4, -0.2) is 31.1 Å². The number of rotatable bonds is 7. The zero-order valence-corrected chi connectivity index (χ0v) is 16.2. The van der Waals surface area contributed by atoms with Crippen LogP contribution in [0.15, 0.2) is 51.1 Å². The average molecular weight is 407 g/mol. The monoisotopic (exact) mass is 407 g/mol. The fourth-order valence-electron chi connectivity index (χ4n) is 2.14. The molecule has 0 spiro atoms. The third kappa shape index (κ3) is 4.79. The predicted octanol–water partition coefficient (Wildman–Crippen LogP) is 2.69. The van der Waals surface area contributed by atoms with E-state index in [4.69, 9.17) is 9.15 Å². The van der Waals surface area contributed by atoms with Crippen molar-refractivity contribution in [1.82, 2.24) is 14.9 Å². The third-order valence-electron chi connectivity index (χ3n) is 3.57. The van der Waals surface area contributed by atoms with E-state index in [1.165, 1.54) is 23.5 Å². The molecule has 27 heavy (non-hydrogen) atoms. The van der Waals surface area contributed by atoms with E-state index in [0.29, 0.717) is 5.89 Å². The Labute approximate surface area is 160 Å². The molecular weight excluding hydrogens is 390 g/mol. The number of nitrogens with one attached hydrogen (secondary N) is 1. The topological polar surface area (TPSA) is 111 Å². The first-order valence-electron chi connectivity index (χ1n) is 7.98. The van der Waals surface area contributed by atoms with Crippen LogP contribution in [0.25, 0.3) is 10.8 Å². The molecule has 0 saturated heterocycles. The van der Waals surface area contributed by atoms with Crippen LogP contribution >= 0.6 is 11.3 Å². The summed E-state index contributed by atoms with van der Waals surface area (Å²) in [7, 11) is -3.80. The Morgan fingerprint density at radius 1 is 1.26 bits per heavy atom. The maximum Gasteiger partial charge on any atom is 0.321 e. The molecule has 0 fully saturated rings. The van der Waals surface area contributed by atoms with Gasteiger partial charge in [-0.2, -0.15) is 4.72 Å².